The smallest absolute Gasteiger partial charge is 0.266 e. The first-order valence-corrected chi connectivity index (χ1v) is 11.9. The van der Waals surface area contributed by atoms with Crippen molar-refractivity contribution >= 4 is 39.1 Å². The highest BCUT2D eigenvalue weighted by molar-refractivity contribution is 9.10. The number of carbonyl (C=O) groups excluding carboxylic acids is 2. The summed E-state index contributed by atoms with van der Waals surface area (Å²) in [5.41, 5.74) is 1.72. The average molecular weight is 539 g/mol. The summed E-state index contributed by atoms with van der Waals surface area (Å²) in [5, 5.41) is 11.9. The Hall–Kier alpha value is -3.56. The van der Waals surface area contributed by atoms with Crippen molar-refractivity contribution in [3.8, 4) is 17.2 Å². The number of anilines is 2. The van der Waals surface area contributed by atoms with Gasteiger partial charge in [0.1, 0.15) is 11.7 Å². The summed E-state index contributed by atoms with van der Waals surface area (Å²) in [6, 6.07) is 18.9. The quantitative estimate of drug-likeness (QED) is 0.458. The molecule has 0 radical (unpaired) electrons. The van der Waals surface area contributed by atoms with Gasteiger partial charge in [-0.1, -0.05) is 30.3 Å². The number of phenolic OH excluding ortho intramolecular Hbond substituents is 1. The maximum absolute atomic E-state index is 13.9. The van der Waals surface area contributed by atoms with Gasteiger partial charge in [-0.3, -0.25) is 14.4 Å². The number of fused-ring (bicyclic) bond motifs is 1. The van der Waals surface area contributed by atoms with Crippen LogP contribution in [0.4, 0.5) is 11.4 Å². The van der Waals surface area contributed by atoms with Crippen molar-refractivity contribution in [2.75, 3.05) is 23.7 Å². The molecule has 2 heterocycles. The van der Waals surface area contributed by atoms with Crippen LogP contribution in [-0.2, 0) is 14.4 Å². The van der Waals surface area contributed by atoms with E-state index in [1.54, 1.807) is 41.5 Å². The molecule has 2 saturated heterocycles. The summed E-state index contributed by atoms with van der Waals surface area (Å²) in [5.74, 6) is -1.06. The molecule has 3 atom stereocenters. The van der Waals surface area contributed by atoms with Crippen LogP contribution in [0, 0.1) is 5.92 Å². The van der Waals surface area contributed by atoms with Crippen LogP contribution in [0.5, 0.6) is 17.2 Å². The van der Waals surface area contributed by atoms with E-state index in [9.17, 15) is 14.7 Å². The number of para-hydroxylation sites is 3. The Morgan fingerprint density at radius 2 is 1.71 bits per heavy atom. The van der Waals surface area contributed by atoms with Gasteiger partial charge in [-0.25, -0.2) is 9.96 Å². The SMILES string of the molecule is CCOc1ccccc1N1C(=O)[C@H]2[C@H](ON(c3ccccc3)[C@@H]2c2cc(Br)c(O)c(OC)c2)C1=O. The summed E-state index contributed by atoms with van der Waals surface area (Å²) in [6.07, 6.45) is -1.03. The Labute approximate surface area is 210 Å². The normalized spacial score (nSPS) is 21.4. The van der Waals surface area contributed by atoms with Crippen LogP contribution in [-0.4, -0.2) is 36.7 Å². The van der Waals surface area contributed by atoms with Crippen molar-refractivity contribution in [1.29, 1.82) is 0 Å². The van der Waals surface area contributed by atoms with Crippen LogP contribution in [0.2, 0.25) is 0 Å². The average Bonchev–Trinajstić information content (AvgIpc) is 3.38. The van der Waals surface area contributed by atoms with Crippen LogP contribution >= 0.6 is 15.9 Å². The molecule has 2 aliphatic heterocycles. The lowest BCUT2D eigenvalue weighted by Crippen LogP contribution is -2.37. The first-order valence-electron chi connectivity index (χ1n) is 11.1. The number of benzene rings is 3. The molecule has 1 N–H and O–H groups in total. The molecular weight excluding hydrogens is 516 g/mol. The largest absolute Gasteiger partial charge is 0.503 e. The van der Waals surface area contributed by atoms with Gasteiger partial charge in [-0.15, -0.1) is 0 Å². The van der Waals surface area contributed by atoms with Crippen molar-refractivity contribution in [3.63, 3.8) is 0 Å². The fraction of sp³-hybridized carbons (Fsp3) is 0.231. The lowest BCUT2D eigenvalue weighted by molar-refractivity contribution is -0.126. The lowest BCUT2D eigenvalue weighted by atomic mass is 9.90. The second kappa shape index (κ2) is 9.24. The molecular formula is C26H23BrN2O6. The molecule has 2 fully saturated rings. The zero-order valence-corrected chi connectivity index (χ0v) is 20.6. The van der Waals surface area contributed by atoms with Gasteiger partial charge >= 0.3 is 0 Å². The number of imide groups is 1. The highest BCUT2D eigenvalue weighted by atomic mass is 79.9. The van der Waals surface area contributed by atoms with E-state index in [-0.39, 0.29) is 11.5 Å². The third kappa shape index (κ3) is 3.81. The number of carbonyl (C=O) groups is 2. The van der Waals surface area contributed by atoms with E-state index in [1.165, 1.54) is 7.11 Å². The van der Waals surface area contributed by atoms with Gasteiger partial charge in [-0.2, -0.15) is 0 Å². The number of hydroxylamine groups is 1. The monoisotopic (exact) mass is 538 g/mol. The van der Waals surface area contributed by atoms with Crippen molar-refractivity contribution in [3.05, 3.63) is 76.8 Å². The number of aromatic hydroxyl groups is 1. The minimum absolute atomic E-state index is 0.0564. The van der Waals surface area contributed by atoms with Crippen molar-refractivity contribution in [2.45, 2.75) is 19.1 Å². The zero-order valence-electron chi connectivity index (χ0n) is 19.1. The molecule has 0 aliphatic carbocycles. The van der Waals surface area contributed by atoms with Crippen LogP contribution < -0.4 is 19.4 Å². The van der Waals surface area contributed by atoms with Gasteiger partial charge in [-0.05, 0) is 64.8 Å². The van der Waals surface area contributed by atoms with E-state index in [0.717, 1.165) is 4.90 Å². The van der Waals surface area contributed by atoms with E-state index in [0.29, 0.717) is 33.8 Å². The standard InChI is InChI=1S/C26H23BrN2O6/c1-3-34-19-12-8-7-11-18(19)28-25(31)21-22(15-13-17(27)23(30)20(14-15)33-2)29(35-24(21)26(28)32)16-9-5-4-6-10-16/h4-14,21-22,24,30H,3H2,1-2H3/t21-,22-,24+/m1/s1. The van der Waals surface area contributed by atoms with Gasteiger partial charge in [0.25, 0.3) is 5.91 Å². The third-order valence-corrected chi connectivity index (χ3v) is 6.75. The second-order valence-corrected chi connectivity index (χ2v) is 8.98. The molecule has 8 nitrogen and oxygen atoms in total. The summed E-state index contributed by atoms with van der Waals surface area (Å²) in [4.78, 5) is 34.8. The molecule has 3 aromatic carbocycles. The predicted molar refractivity (Wildman–Crippen MR) is 132 cm³/mol. The molecule has 0 bridgehead atoms. The molecule has 180 valence electrons. The van der Waals surface area contributed by atoms with Crippen LogP contribution in [0.1, 0.15) is 18.5 Å². The van der Waals surface area contributed by atoms with E-state index in [4.69, 9.17) is 14.3 Å². The number of hydrogen-bond acceptors (Lipinski definition) is 7. The number of halogens is 1. The minimum Gasteiger partial charge on any atom is -0.503 e. The molecule has 35 heavy (non-hydrogen) atoms. The maximum atomic E-state index is 13.9. The lowest BCUT2D eigenvalue weighted by Gasteiger charge is -2.29. The molecule has 0 spiro atoms. The van der Waals surface area contributed by atoms with Crippen molar-refractivity contribution in [1.82, 2.24) is 0 Å². The highest BCUT2D eigenvalue weighted by Gasteiger charge is 2.60. The van der Waals surface area contributed by atoms with Gasteiger partial charge in [0, 0.05) is 0 Å². The molecule has 3 aromatic rings. The van der Waals surface area contributed by atoms with Gasteiger partial charge < -0.3 is 14.6 Å². The molecule has 9 heteroatoms. The molecule has 0 saturated carbocycles. The fourth-order valence-electron chi connectivity index (χ4n) is 4.63. The van der Waals surface area contributed by atoms with Crippen LogP contribution in [0.15, 0.2) is 71.2 Å². The Morgan fingerprint density at radius 3 is 2.43 bits per heavy atom. The van der Waals surface area contributed by atoms with E-state index in [2.05, 4.69) is 15.9 Å². The molecule has 5 rings (SSSR count). The zero-order chi connectivity index (χ0) is 24.7. The van der Waals surface area contributed by atoms with Crippen molar-refractivity contribution < 1.29 is 29.0 Å². The number of rotatable bonds is 6. The van der Waals surface area contributed by atoms with Crippen molar-refractivity contribution in [2.24, 2.45) is 5.92 Å². The summed E-state index contributed by atoms with van der Waals surface area (Å²) in [6.45, 7) is 2.23. The molecule has 0 aromatic heterocycles. The topological polar surface area (TPSA) is 88.5 Å². The van der Waals surface area contributed by atoms with Gasteiger partial charge in [0.15, 0.2) is 17.6 Å². The molecule has 0 unspecified atom stereocenters. The molecule has 2 amide bonds. The summed E-state index contributed by atoms with van der Waals surface area (Å²) in [7, 11) is 1.45. The Bertz CT molecular complexity index is 1280. The highest BCUT2D eigenvalue weighted by Crippen LogP contribution is 2.50. The second-order valence-electron chi connectivity index (χ2n) is 8.12. The van der Waals surface area contributed by atoms with E-state index in [1.807, 2.05) is 37.3 Å². The number of methoxy groups -OCH3 is 1. The summed E-state index contributed by atoms with van der Waals surface area (Å²) >= 11 is 3.37. The maximum Gasteiger partial charge on any atom is 0.266 e. The summed E-state index contributed by atoms with van der Waals surface area (Å²) < 4.78 is 11.4. The fourth-order valence-corrected chi connectivity index (χ4v) is 5.09. The first kappa shape index (κ1) is 23.2. The Kier molecular flexibility index (Phi) is 6.12. The number of amides is 2. The van der Waals surface area contributed by atoms with Crippen LogP contribution in [0.3, 0.4) is 0 Å². The first-order chi connectivity index (χ1) is 17.0. The molecule has 2 aliphatic rings. The number of nitrogens with zero attached hydrogens (tertiary/aromatic N) is 2. The van der Waals surface area contributed by atoms with Gasteiger partial charge in [0.05, 0.1) is 35.6 Å². The number of hydrogen-bond donors (Lipinski definition) is 1. The predicted octanol–water partition coefficient (Wildman–Crippen LogP) is 4.61. The Morgan fingerprint density at radius 1 is 1.00 bits per heavy atom. The minimum atomic E-state index is -1.03. The van der Waals surface area contributed by atoms with E-state index < -0.39 is 29.9 Å². The Balaban J connectivity index is 1.62. The van der Waals surface area contributed by atoms with Gasteiger partial charge in [0.2, 0.25) is 5.91 Å². The van der Waals surface area contributed by atoms with E-state index >= 15 is 0 Å². The number of ether oxygens (including phenoxy) is 2. The third-order valence-electron chi connectivity index (χ3n) is 6.14. The number of phenols is 1. The van der Waals surface area contributed by atoms with Crippen LogP contribution in [0.25, 0.3) is 0 Å².